The van der Waals surface area contributed by atoms with Crippen molar-refractivity contribution in [2.24, 2.45) is 29.6 Å². The van der Waals surface area contributed by atoms with E-state index in [1.807, 2.05) is 6.08 Å². The van der Waals surface area contributed by atoms with E-state index in [2.05, 4.69) is 24.8 Å². The molecule has 3 unspecified atom stereocenters. The number of aryl methyl sites for hydroxylation is 1. The first-order valence-electron chi connectivity index (χ1n) is 10.4. The van der Waals surface area contributed by atoms with Gasteiger partial charge < -0.3 is 0 Å². The van der Waals surface area contributed by atoms with Crippen molar-refractivity contribution in [2.75, 3.05) is 0 Å². The highest BCUT2D eigenvalue weighted by Crippen LogP contribution is 2.48. The van der Waals surface area contributed by atoms with E-state index in [9.17, 15) is 8.78 Å². The first kappa shape index (κ1) is 17.9. The van der Waals surface area contributed by atoms with Gasteiger partial charge in [-0.05, 0) is 110 Å². The number of rotatable bonds is 3. The van der Waals surface area contributed by atoms with Crippen LogP contribution in [-0.2, 0) is 12.8 Å². The van der Waals surface area contributed by atoms with Gasteiger partial charge in [-0.15, -0.1) is 0 Å². The minimum absolute atomic E-state index is 0.124. The number of benzene rings is 1. The summed E-state index contributed by atoms with van der Waals surface area (Å²) in [5.41, 5.74) is 4.30. The van der Waals surface area contributed by atoms with E-state index in [1.165, 1.54) is 55.7 Å². The second-order valence-electron chi connectivity index (χ2n) is 8.86. The molecule has 1 aromatic rings. The van der Waals surface area contributed by atoms with Crippen molar-refractivity contribution in [3.63, 3.8) is 0 Å². The summed E-state index contributed by atoms with van der Waals surface area (Å²) in [7, 11) is 0. The van der Waals surface area contributed by atoms with E-state index in [4.69, 9.17) is 0 Å². The quantitative estimate of drug-likeness (QED) is 0.544. The van der Waals surface area contributed by atoms with Crippen LogP contribution in [0.4, 0.5) is 8.78 Å². The molecular formula is C24H30F2. The van der Waals surface area contributed by atoms with Crippen molar-refractivity contribution < 1.29 is 8.78 Å². The predicted molar refractivity (Wildman–Crippen MR) is 104 cm³/mol. The van der Waals surface area contributed by atoms with E-state index in [0.29, 0.717) is 5.92 Å². The van der Waals surface area contributed by atoms with Crippen LogP contribution in [0.3, 0.4) is 0 Å². The lowest BCUT2D eigenvalue weighted by Gasteiger charge is -2.44. The highest BCUT2D eigenvalue weighted by Gasteiger charge is 2.38. The molecule has 2 heteroatoms. The van der Waals surface area contributed by atoms with Crippen LogP contribution < -0.4 is 0 Å². The van der Waals surface area contributed by atoms with Crippen LogP contribution >= 0.6 is 0 Å². The van der Waals surface area contributed by atoms with Gasteiger partial charge >= 0.3 is 0 Å². The SMILES string of the molecule is C=Cc1ccc2c(c1)CCC(C1CCC3C[C@H](C=C(F)F)CC[C@@H]3C1)C2. The molecule has 140 valence electrons. The van der Waals surface area contributed by atoms with Gasteiger partial charge in [-0.3, -0.25) is 0 Å². The molecule has 0 spiro atoms. The summed E-state index contributed by atoms with van der Waals surface area (Å²) >= 11 is 0. The Hall–Kier alpha value is -1.44. The molecule has 0 aromatic heterocycles. The first-order chi connectivity index (χ1) is 12.6. The molecule has 0 aliphatic heterocycles. The maximum atomic E-state index is 12.6. The van der Waals surface area contributed by atoms with E-state index < -0.39 is 6.08 Å². The monoisotopic (exact) mass is 356 g/mol. The van der Waals surface area contributed by atoms with Gasteiger partial charge in [0.25, 0.3) is 6.08 Å². The Kier molecular flexibility index (Phi) is 5.29. The van der Waals surface area contributed by atoms with Gasteiger partial charge in [0.15, 0.2) is 0 Å². The topological polar surface area (TPSA) is 0 Å². The van der Waals surface area contributed by atoms with Gasteiger partial charge in [-0.25, -0.2) is 0 Å². The molecule has 0 N–H and O–H groups in total. The zero-order valence-electron chi connectivity index (χ0n) is 15.6. The van der Waals surface area contributed by atoms with Gasteiger partial charge in [-0.2, -0.15) is 8.78 Å². The lowest BCUT2D eigenvalue weighted by molar-refractivity contribution is 0.0803. The molecule has 0 amide bonds. The van der Waals surface area contributed by atoms with Gasteiger partial charge in [0.1, 0.15) is 0 Å². The lowest BCUT2D eigenvalue weighted by Crippen LogP contribution is -2.34. The van der Waals surface area contributed by atoms with Crippen molar-refractivity contribution in [3.8, 4) is 0 Å². The molecular weight excluding hydrogens is 326 g/mol. The number of allylic oxidation sites excluding steroid dienone is 1. The van der Waals surface area contributed by atoms with Crippen LogP contribution in [0.5, 0.6) is 0 Å². The van der Waals surface area contributed by atoms with Crippen molar-refractivity contribution >= 4 is 6.08 Å². The highest BCUT2D eigenvalue weighted by molar-refractivity contribution is 5.50. The summed E-state index contributed by atoms with van der Waals surface area (Å²) in [5, 5.41) is 0. The summed E-state index contributed by atoms with van der Waals surface area (Å²) in [6.07, 6.45) is 12.4. The summed E-state index contributed by atoms with van der Waals surface area (Å²) < 4.78 is 25.1. The second kappa shape index (κ2) is 7.66. The smallest absolute Gasteiger partial charge is 0.174 e. The molecule has 0 heterocycles. The maximum Gasteiger partial charge on any atom is 0.266 e. The van der Waals surface area contributed by atoms with Crippen molar-refractivity contribution in [3.05, 3.63) is 53.6 Å². The molecule has 2 saturated carbocycles. The lowest BCUT2D eigenvalue weighted by atomic mass is 9.61. The standard InChI is InChI=1S/C24H30F2/c1-2-16-3-5-20-14-22(9-7-18(20)11-16)23-10-8-19-12-17(13-24(25)26)4-6-21(19)15-23/h2-3,5,11,13,17,19,21-23H,1,4,6-10,12,14-15H2/t17-,19?,21-,22?,23?/m1/s1. The molecule has 0 nitrogen and oxygen atoms in total. The third kappa shape index (κ3) is 3.80. The van der Waals surface area contributed by atoms with Crippen LogP contribution in [-0.4, -0.2) is 0 Å². The van der Waals surface area contributed by atoms with Crippen molar-refractivity contribution in [1.82, 2.24) is 0 Å². The molecule has 5 atom stereocenters. The Bertz CT molecular complexity index is 685. The van der Waals surface area contributed by atoms with E-state index in [0.717, 1.165) is 37.0 Å². The number of hydrogen-bond acceptors (Lipinski definition) is 0. The molecule has 0 radical (unpaired) electrons. The molecule has 4 rings (SSSR count). The Labute approximate surface area is 156 Å². The Morgan fingerprint density at radius 1 is 0.885 bits per heavy atom. The minimum Gasteiger partial charge on any atom is -0.174 e. The molecule has 2 fully saturated rings. The third-order valence-corrected chi connectivity index (χ3v) is 7.46. The molecule has 3 aliphatic carbocycles. The zero-order valence-corrected chi connectivity index (χ0v) is 15.6. The Morgan fingerprint density at radius 2 is 1.62 bits per heavy atom. The van der Waals surface area contributed by atoms with Gasteiger partial charge in [0.2, 0.25) is 0 Å². The fourth-order valence-electron chi connectivity index (χ4n) is 6.05. The highest BCUT2D eigenvalue weighted by atomic mass is 19.3. The Morgan fingerprint density at radius 3 is 2.38 bits per heavy atom. The third-order valence-electron chi connectivity index (χ3n) is 7.46. The first-order valence-corrected chi connectivity index (χ1v) is 10.4. The minimum atomic E-state index is -1.48. The van der Waals surface area contributed by atoms with Gasteiger partial charge in [0, 0.05) is 0 Å². The summed E-state index contributed by atoms with van der Waals surface area (Å²) in [4.78, 5) is 0. The number of halogens is 2. The maximum absolute atomic E-state index is 12.6. The van der Waals surface area contributed by atoms with Crippen LogP contribution in [0.15, 0.2) is 36.9 Å². The van der Waals surface area contributed by atoms with Crippen molar-refractivity contribution in [1.29, 1.82) is 0 Å². The summed E-state index contributed by atoms with van der Waals surface area (Å²) in [6.45, 7) is 3.88. The van der Waals surface area contributed by atoms with Crippen LogP contribution in [0.2, 0.25) is 0 Å². The molecule has 0 saturated heterocycles. The molecule has 0 bridgehead atoms. The Balaban J connectivity index is 1.37. The molecule has 3 aliphatic rings. The van der Waals surface area contributed by atoms with Crippen LogP contribution in [0, 0.1) is 29.6 Å². The zero-order chi connectivity index (χ0) is 18.1. The normalized spacial score (nSPS) is 33.7. The molecule has 1 aromatic carbocycles. The van der Waals surface area contributed by atoms with E-state index >= 15 is 0 Å². The molecule has 26 heavy (non-hydrogen) atoms. The summed E-state index contributed by atoms with van der Waals surface area (Å²) in [5.74, 6) is 3.25. The van der Waals surface area contributed by atoms with E-state index in [-0.39, 0.29) is 5.92 Å². The van der Waals surface area contributed by atoms with Crippen LogP contribution in [0.1, 0.15) is 61.6 Å². The van der Waals surface area contributed by atoms with Crippen molar-refractivity contribution in [2.45, 2.75) is 57.8 Å². The van der Waals surface area contributed by atoms with Gasteiger partial charge in [-0.1, -0.05) is 30.9 Å². The van der Waals surface area contributed by atoms with Gasteiger partial charge in [0.05, 0.1) is 0 Å². The number of fused-ring (bicyclic) bond motifs is 2. The average Bonchev–Trinajstić information content (AvgIpc) is 2.66. The second-order valence-corrected chi connectivity index (χ2v) is 8.86. The number of hydrogen-bond donors (Lipinski definition) is 0. The average molecular weight is 357 g/mol. The predicted octanol–water partition coefficient (Wildman–Crippen LogP) is 7.05. The fraction of sp³-hybridized carbons (Fsp3) is 0.583. The summed E-state index contributed by atoms with van der Waals surface area (Å²) in [6, 6.07) is 6.82. The van der Waals surface area contributed by atoms with Crippen LogP contribution in [0.25, 0.3) is 6.08 Å². The largest absolute Gasteiger partial charge is 0.266 e. The van der Waals surface area contributed by atoms with E-state index in [1.54, 1.807) is 5.56 Å². The fourth-order valence-corrected chi connectivity index (χ4v) is 6.05.